The molecule has 0 heterocycles. The van der Waals surface area contributed by atoms with E-state index in [-0.39, 0.29) is 0 Å². The van der Waals surface area contributed by atoms with E-state index in [1.807, 2.05) is 0 Å². The third kappa shape index (κ3) is 7.34. The molecule has 0 aliphatic heterocycles. The first-order valence-corrected chi connectivity index (χ1v) is 9.11. The van der Waals surface area contributed by atoms with Crippen molar-refractivity contribution in [3.05, 3.63) is 0 Å². The van der Waals surface area contributed by atoms with Crippen LogP contribution in [0, 0.1) is 5.92 Å². The lowest BCUT2D eigenvalue weighted by Gasteiger charge is -2.39. The third-order valence-corrected chi connectivity index (χ3v) is 4.90. The number of rotatable bonds is 13. The highest BCUT2D eigenvalue weighted by Crippen LogP contribution is 2.34. The first-order chi connectivity index (χ1) is 9.26. The molecule has 0 aromatic carbocycles. The minimum Gasteiger partial charge on any atom is -0.324 e. The van der Waals surface area contributed by atoms with Crippen LogP contribution in [0.4, 0.5) is 0 Å². The van der Waals surface area contributed by atoms with E-state index >= 15 is 0 Å². The monoisotopic (exact) mass is 268 g/mol. The van der Waals surface area contributed by atoms with Crippen molar-refractivity contribution in [1.29, 1.82) is 0 Å². The molecule has 19 heavy (non-hydrogen) atoms. The Kier molecular flexibility index (Phi) is 8.77. The van der Waals surface area contributed by atoms with Crippen molar-refractivity contribution in [2.75, 3.05) is 26.2 Å². The van der Waals surface area contributed by atoms with Crippen molar-refractivity contribution in [3.63, 3.8) is 0 Å². The topological polar surface area (TPSA) is 0 Å². The molecule has 1 saturated carbocycles. The van der Waals surface area contributed by atoms with Crippen molar-refractivity contribution in [2.24, 2.45) is 5.92 Å². The molecule has 0 atom stereocenters. The SMILES string of the molecule is CCCC[N+](CCCC)(CCCC)CCCC1CC1. The minimum atomic E-state index is 1.12. The van der Waals surface area contributed by atoms with Crippen LogP contribution in [0.1, 0.15) is 85.0 Å². The van der Waals surface area contributed by atoms with E-state index in [0.29, 0.717) is 0 Å². The van der Waals surface area contributed by atoms with Gasteiger partial charge in [-0.1, -0.05) is 52.9 Å². The summed E-state index contributed by atoms with van der Waals surface area (Å²) in [5.41, 5.74) is 0. The number of hydrogen-bond acceptors (Lipinski definition) is 0. The molecule has 1 nitrogen and oxygen atoms in total. The lowest BCUT2D eigenvalue weighted by atomic mass is 10.1. The van der Waals surface area contributed by atoms with Gasteiger partial charge in [-0.15, -0.1) is 0 Å². The molecule has 0 amide bonds. The molecule has 0 N–H and O–H groups in total. The normalized spacial score (nSPS) is 15.9. The number of quaternary nitrogens is 1. The molecule has 0 spiro atoms. The van der Waals surface area contributed by atoms with Gasteiger partial charge in [0.25, 0.3) is 0 Å². The fourth-order valence-electron chi connectivity index (χ4n) is 3.27. The highest BCUT2D eigenvalue weighted by Gasteiger charge is 2.27. The fourth-order valence-corrected chi connectivity index (χ4v) is 3.27. The number of hydrogen-bond donors (Lipinski definition) is 0. The lowest BCUT2D eigenvalue weighted by molar-refractivity contribution is -0.929. The van der Waals surface area contributed by atoms with Gasteiger partial charge in [0.2, 0.25) is 0 Å². The smallest absolute Gasteiger partial charge is 0.0786 e. The van der Waals surface area contributed by atoms with Gasteiger partial charge in [0.15, 0.2) is 0 Å². The first kappa shape index (κ1) is 17.0. The van der Waals surface area contributed by atoms with Crippen LogP contribution in [0.2, 0.25) is 0 Å². The van der Waals surface area contributed by atoms with E-state index in [4.69, 9.17) is 0 Å². The van der Waals surface area contributed by atoms with E-state index in [0.717, 1.165) is 5.92 Å². The van der Waals surface area contributed by atoms with E-state index in [9.17, 15) is 0 Å². The molecule has 0 radical (unpaired) electrons. The minimum absolute atomic E-state index is 1.12. The standard InChI is InChI=1S/C18H38N/c1-4-7-14-19(15-8-5-2,16-9-6-3)17-10-11-18-12-13-18/h18H,4-17H2,1-3H3/q+1. The summed E-state index contributed by atoms with van der Waals surface area (Å²) in [6.45, 7) is 12.8. The Bertz CT molecular complexity index is 186. The largest absolute Gasteiger partial charge is 0.324 e. The van der Waals surface area contributed by atoms with Gasteiger partial charge in [-0.2, -0.15) is 0 Å². The molecule has 1 aliphatic carbocycles. The zero-order chi connectivity index (χ0) is 14.0. The van der Waals surface area contributed by atoms with Gasteiger partial charge in [-0.3, -0.25) is 0 Å². The molecule has 0 unspecified atom stereocenters. The Balaban J connectivity index is 2.45. The van der Waals surface area contributed by atoms with Gasteiger partial charge >= 0.3 is 0 Å². The number of nitrogens with zero attached hydrogens (tertiary/aromatic N) is 1. The lowest BCUT2D eigenvalue weighted by Crippen LogP contribution is -2.50. The molecule has 114 valence electrons. The molecule has 0 aromatic rings. The molecular formula is C18H38N+. The summed E-state index contributed by atoms with van der Waals surface area (Å²) in [6.07, 6.45) is 14.4. The average Bonchev–Trinajstić information content (AvgIpc) is 3.24. The molecular weight excluding hydrogens is 230 g/mol. The first-order valence-electron chi connectivity index (χ1n) is 9.11. The van der Waals surface area contributed by atoms with Gasteiger partial charge in [0.1, 0.15) is 0 Å². The maximum atomic E-state index is 2.35. The van der Waals surface area contributed by atoms with Crippen LogP contribution in [0.3, 0.4) is 0 Å². The van der Waals surface area contributed by atoms with E-state index in [1.54, 1.807) is 0 Å². The molecule has 1 fully saturated rings. The average molecular weight is 269 g/mol. The van der Waals surface area contributed by atoms with E-state index < -0.39 is 0 Å². The van der Waals surface area contributed by atoms with Gasteiger partial charge in [0, 0.05) is 0 Å². The summed E-state index contributed by atoms with van der Waals surface area (Å²) in [5, 5.41) is 0. The fraction of sp³-hybridized carbons (Fsp3) is 1.00. The Hall–Kier alpha value is -0.0400. The third-order valence-electron chi connectivity index (χ3n) is 4.90. The maximum Gasteiger partial charge on any atom is 0.0786 e. The summed E-state index contributed by atoms with van der Waals surface area (Å²) in [7, 11) is 0. The quantitative estimate of drug-likeness (QED) is 0.393. The van der Waals surface area contributed by atoms with Crippen LogP contribution in [-0.2, 0) is 0 Å². The van der Waals surface area contributed by atoms with Crippen LogP contribution in [0.25, 0.3) is 0 Å². The molecule has 1 rings (SSSR count). The van der Waals surface area contributed by atoms with Crippen molar-refractivity contribution in [2.45, 2.75) is 85.0 Å². The summed E-state index contributed by atoms with van der Waals surface area (Å²) in [5.74, 6) is 1.12. The Morgan fingerprint density at radius 3 is 1.47 bits per heavy atom. The van der Waals surface area contributed by atoms with Gasteiger partial charge < -0.3 is 4.48 Å². The highest BCUT2D eigenvalue weighted by molar-refractivity contribution is 4.72. The van der Waals surface area contributed by atoms with Gasteiger partial charge in [0.05, 0.1) is 26.2 Å². The van der Waals surface area contributed by atoms with Crippen LogP contribution >= 0.6 is 0 Å². The molecule has 1 aliphatic rings. The second kappa shape index (κ2) is 9.80. The molecule has 0 saturated heterocycles. The zero-order valence-electron chi connectivity index (χ0n) is 13.9. The van der Waals surface area contributed by atoms with Crippen molar-refractivity contribution < 1.29 is 4.48 Å². The Morgan fingerprint density at radius 1 is 0.684 bits per heavy atom. The highest BCUT2D eigenvalue weighted by atomic mass is 15.3. The van der Waals surface area contributed by atoms with Crippen molar-refractivity contribution in [3.8, 4) is 0 Å². The van der Waals surface area contributed by atoms with Crippen LogP contribution in [0.5, 0.6) is 0 Å². The maximum absolute atomic E-state index is 2.35. The van der Waals surface area contributed by atoms with Crippen molar-refractivity contribution >= 4 is 0 Å². The number of unbranched alkanes of at least 4 members (excludes halogenated alkanes) is 3. The van der Waals surface area contributed by atoms with Gasteiger partial charge in [-0.05, 0) is 38.0 Å². The molecule has 0 aromatic heterocycles. The van der Waals surface area contributed by atoms with E-state index in [2.05, 4.69) is 20.8 Å². The summed E-state index contributed by atoms with van der Waals surface area (Å²) in [6, 6.07) is 0. The summed E-state index contributed by atoms with van der Waals surface area (Å²) < 4.78 is 1.45. The predicted molar refractivity (Wildman–Crippen MR) is 86.4 cm³/mol. The van der Waals surface area contributed by atoms with Crippen LogP contribution in [0.15, 0.2) is 0 Å². The second-order valence-corrected chi connectivity index (χ2v) is 6.88. The van der Waals surface area contributed by atoms with Gasteiger partial charge in [-0.25, -0.2) is 0 Å². The molecule has 0 bridgehead atoms. The predicted octanol–water partition coefficient (Wildman–Crippen LogP) is 5.39. The summed E-state index contributed by atoms with van der Waals surface area (Å²) in [4.78, 5) is 0. The summed E-state index contributed by atoms with van der Waals surface area (Å²) >= 11 is 0. The second-order valence-electron chi connectivity index (χ2n) is 6.88. The van der Waals surface area contributed by atoms with E-state index in [1.165, 1.54) is 94.9 Å². The zero-order valence-corrected chi connectivity index (χ0v) is 13.9. The Morgan fingerprint density at radius 2 is 1.11 bits per heavy atom. The van der Waals surface area contributed by atoms with Crippen LogP contribution < -0.4 is 0 Å². The molecule has 1 heteroatoms. The van der Waals surface area contributed by atoms with Crippen molar-refractivity contribution in [1.82, 2.24) is 0 Å². The Labute approximate surface area is 122 Å². The van der Waals surface area contributed by atoms with Crippen LogP contribution in [-0.4, -0.2) is 30.7 Å².